The lowest BCUT2D eigenvalue weighted by atomic mass is 10.2. The number of hydrazine groups is 1. The van der Waals surface area contributed by atoms with Gasteiger partial charge in [-0.25, -0.2) is 5.43 Å². The maximum absolute atomic E-state index is 11.7. The molecule has 0 fully saturated rings. The minimum atomic E-state index is -0.462. The average Bonchev–Trinajstić information content (AvgIpc) is 2.20. The summed E-state index contributed by atoms with van der Waals surface area (Å²) < 4.78 is 0. The third kappa shape index (κ3) is 7.53. The van der Waals surface area contributed by atoms with Crippen molar-refractivity contribution in [1.82, 2.24) is 16.2 Å². The predicted molar refractivity (Wildman–Crippen MR) is 67.0 cm³/mol. The lowest BCUT2D eigenvalue weighted by molar-refractivity contribution is -0.128. The Morgan fingerprint density at radius 2 is 1.94 bits per heavy atom. The maximum atomic E-state index is 11.7. The Bertz CT molecular complexity index is 234. The molecule has 0 unspecified atom stereocenters. The van der Waals surface area contributed by atoms with Crippen LogP contribution in [0.4, 0.5) is 0 Å². The monoisotopic (exact) mass is 247 g/mol. The Balaban J connectivity index is 4.14. The van der Waals surface area contributed by atoms with Gasteiger partial charge in [0.05, 0.1) is 0 Å². The van der Waals surface area contributed by atoms with Crippen LogP contribution in [-0.2, 0) is 9.59 Å². The van der Waals surface area contributed by atoms with Gasteiger partial charge in [0.15, 0.2) is 0 Å². The zero-order chi connectivity index (χ0) is 12.6. The first kappa shape index (κ1) is 15.2. The Hall–Kier alpha value is -0.750. The predicted octanol–water partition coefficient (Wildman–Crippen LogP) is 0.273. The first-order valence-corrected chi connectivity index (χ1v) is 6.68. The Morgan fingerprint density at radius 1 is 1.31 bits per heavy atom. The van der Waals surface area contributed by atoms with Crippen molar-refractivity contribution in [1.29, 1.82) is 0 Å². The van der Waals surface area contributed by atoms with E-state index in [1.807, 2.05) is 20.1 Å². The average molecular weight is 247 g/mol. The van der Waals surface area contributed by atoms with Gasteiger partial charge in [-0.2, -0.15) is 11.8 Å². The molecule has 0 saturated carbocycles. The zero-order valence-electron chi connectivity index (χ0n) is 10.3. The van der Waals surface area contributed by atoms with E-state index in [9.17, 15) is 9.59 Å². The van der Waals surface area contributed by atoms with Crippen LogP contribution in [0.5, 0.6) is 0 Å². The quantitative estimate of drug-likeness (QED) is 0.565. The molecule has 6 heteroatoms. The minimum Gasteiger partial charge on any atom is -0.344 e. The fourth-order valence-corrected chi connectivity index (χ4v) is 1.52. The molecule has 0 aliphatic heterocycles. The molecule has 0 heterocycles. The Morgan fingerprint density at radius 3 is 2.38 bits per heavy atom. The van der Waals surface area contributed by atoms with Crippen molar-refractivity contribution in [3.8, 4) is 0 Å². The van der Waals surface area contributed by atoms with E-state index < -0.39 is 6.04 Å². The number of rotatable bonds is 7. The summed E-state index contributed by atoms with van der Waals surface area (Å²) in [5.41, 5.74) is 5.40. The molecule has 94 valence electrons. The van der Waals surface area contributed by atoms with E-state index >= 15 is 0 Å². The first-order valence-electron chi connectivity index (χ1n) is 5.28. The zero-order valence-corrected chi connectivity index (χ0v) is 11.1. The summed E-state index contributed by atoms with van der Waals surface area (Å²) >= 11 is 1.65. The van der Waals surface area contributed by atoms with Crippen LogP contribution >= 0.6 is 11.8 Å². The molecular weight excluding hydrogens is 226 g/mol. The van der Waals surface area contributed by atoms with Gasteiger partial charge in [-0.15, -0.1) is 0 Å². The molecule has 0 spiro atoms. The number of hydrogen-bond donors (Lipinski definition) is 3. The molecule has 0 aromatic rings. The van der Waals surface area contributed by atoms with Gasteiger partial charge >= 0.3 is 0 Å². The molecule has 3 N–H and O–H groups in total. The second kappa shape index (κ2) is 8.41. The van der Waals surface area contributed by atoms with Gasteiger partial charge in [-0.05, 0) is 32.3 Å². The van der Waals surface area contributed by atoms with Crippen LogP contribution in [0.15, 0.2) is 0 Å². The van der Waals surface area contributed by atoms with Gasteiger partial charge in [0.25, 0.3) is 5.91 Å². The minimum absolute atomic E-state index is 0.169. The van der Waals surface area contributed by atoms with Crippen LogP contribution in [0.25, 0.3) is 0 Å². The molecule has 0 aliphatic carbocycles. The fraction of sp³-hybridized carbons (Fsp3) is 0.800. The van der Waals surface area contributed by atoms with Crippen LogP contribution in [0.2, 0.25) is 0 Å². The third-order valence-electron chi connectivity index (χ3n) is 1.79. The van der Waals surface area contributed by atoms with Crippen molar-refractivity contribution in [2.24, 2.45) is 0 Å². The molecule has 0 radical (unpaired) electrons. The van der Waals surface area contributed by atoms with Crippen LogP contribution in [-0.4, -0.2) is 35.9 Å². The van der Waals surface area contributed by atoms with Crippen molar-refractivity contribution >= 4 is 23.6 Å². The van der Waals surface area contributed by atoms with Crippen LogP contribution < -0.4 is 16.2 Å². The van der Waals surface area contributed by atoms with Crippen LogP contribution in [0.1, 0.15) is 27.2 Å². The van der Waals surface area contributed by atoms with E-state index in [4.69, 9.17) is 0 Å². The third-order valence-corrected chi connectivity index (χ3v) is 2.43. The molecule has 0 aromatic heterocycles. The van der Waals surface area contributed by atoms with E-state index in [1.165, 1.54) is 6.92 Å². The standard InChI is InChI=1S/C10H21N3O2S/c1-7(2)12-13-10(15)9(5-6-16-4)11-8(3)14/h7,9,12H,5-6H2,1-4H3,(H,11,14)(H,13,15)/t9-/m1/s1. The highest BCUT2D eigenvalue weighted by molar-refractivity contribution is 7.98. The topological polar surface area (TPSA) is 70.2 Å². The summed E-state index contributed by atoms with van der Waals surface area (Å²) in [6.45, 7) is 5.26. The number of carbonyl (C=O) groups is 2. The molecule has 0 aromatic carbocycles. The maximum Gasteiger partial charge on any atom is 0.256 e. The Labute approximate surface area is 101 Å². The summed E-state index contributed by atoms with van der Waals surface area (Å²) in [5.74, 6) is 0.448. The number of carbonyl (C=O) groups excluding carboxylic acids is 2. The van der Waals surface area contributed by atoms with Crippen LogP contribution in [0.3, 0.4) is 0 Å². The van der Waals surface area contributed by atoms with Crippen molar-refractivity contribution in [2.45, 2.75) is 39.3 Å². The molecular formula is C10H21N3O2S. The molecule has 5 nitrogen and oxygen atoms in total. The number of thioether (sulfide) groups is 1. The summed E-state index contributed by atoms with van der Waals surface area (Å²) in [6, 6.07) is -0.293. The second-order valence-corrected chi connectivity index (χ2v) is 4.81. The van der Waals surface area contributed by atoms with Gasteiger partial charge in [0.2, 0.25) is 5.91 Å². The highest BCUT2D eigenvalue weighted by Crippen LogP contribution is 2.00. The lowest BCUT2D eigenvalue weighted by Gasteiger charge is -2.18. The summed E-state index contributed by atoms with van der Waals surface area (Å²) in [4.78, 5) is 22.6. The molecule has 0 rings (SSSR count). The smallest absolute Gasteiger partial charge is 0.256 e. The van der Waals surface area contributed by atoms with E-state index in [1.54, 1.807) is 11.8 Å². The highest BCUT2D eigenvalue weighted by atomic mass is 32.2. The number of nitrogens with one attached hydrogen (secondary N) is 3. The molecule has 0 aliphatic rings. The molecule has 0 saturated heterocycles. The summed E-state index contributed by atoms with van der Waals surface area (Å²) in [6.07, 6.45) is 2.60. The normalized spacial score (nSPS) is 12.3. The SMILES string of the molecule is CSCC[C@@H](NC(C)=O)C(=O)NNC(C)C. The Kier molecular flexibility index (Phi) is 8.01. The highest BCUT2D eigenvalue weighted by Gasteiger charge is 2.18. The van der Waals surface area contributed by atoms with E-state index in [0.717, 1.165) is 5.75 Å². The van der Waals surface area contributed by atoms with Crippen LogP contribution in [0, 0.1) is 0 Å². The summed E-state index contributed by atoms with van der Waals surface area (Å²) in [5, 5.41) is 2.63. The molecule has 1 atom stereocenters. The molecule has 16 heavy (non-hydrogen) atoms. The largest absolute Gasteiger partial charge is 0.344 e. The van der Waals surface area contributed by atoms with Gasteiger partial charge < -0.3 is 5.32 Å². The first-order chi connectivity index (χ1) is 7.47. The van der Waals surface area contributed by atoms with Crippen molar-refractivity contribution in [3.05, 3.63) is 0 Å². The van der Waals surface area contributed by atoms with Gasteiger partial charge in [-0.1, -0.05) is 0 Å². The second-order valence-electron chi connectivity index (χ2n) is 3.82. The van der Waals surface area contributed by atoms with E-state index in [0.29, 0.717) is 6.42 Å². The van der Waals surface area contributed by atoms with E-state index in [-0.39, 0.29) is 17.9 Å². The molecule has 0 bridgehead atoms. The van der Waals surface area contributed by atoms with Crippen molar-refractivity contribution < 1.29 is 9.59 Å². The molecule has 2 amide bonds. The summed E-state index contributed by atoms with van der Waals surface area (Å²) in [7, 11) is 0. The van der Waals surface area contributed by atoms with Crippen molar-refractivity contribution in [3.63, 3.8) is 0 Å². The lowest BCUT2D eigenvalue weighted by Crippen LogP contribution is -2.52. The van der Waals surface area contributed by atoms with E-state index in [2.05, 4.69) is 16.2 Å². The number of amides is 2. The number of hydrogen-bond acceptors (Lipinski definition) is 4. The van der Waals surface area contributed by atoms with Gasteiger partial charge in [0.1, 0.15) is 6.04 Å². The van der Waals surface area contributed by atoms with Crippen molar-refractivity contribution in [2.75, 3.05) is 12.0 Å². The van der Waals surface area contributed by atoms with Gasteiger partial charge in [-0.3, -0.25) is 15.0 Å². The van der Waals surface area contributed by atoms with Gasteiger partial charge in [0, 0.05) is 13.0 Å². The fourth-order valence-electron chi connectivity index (χ4n) is 1.05.